The van der Waals surface area contributed by atoms with E-state index in [4.69, 9.17) is 16.3 Å². The summed E-state index contributed by atoms with van der Waals surface area (Å²) in [6, 6.07) is 7.26. The number of aryl methyl sites for hydroxylation is 1. The van der Waals surface area contributed by atoms with Gasteiger partial charge in [-0.25, -0.2) is 4.98 Å². The smallest absolute Gasteiger partial charge is 0.234 e. The molecule has 1 amide bonds. The Labute approximate surface area is 170 Å². The second kappa shape index (κ2) is 10.5. The first kappa shape index (κ1) is 21.5. The monoisotopic (exact) mass is 413 g/mol. The van der Waals surface area contributed by atoms with Crippen molar-refractivity contribution in [3.05, 3.63) is 47.5 Å². The Hall–Kier alpha value is -1.80. The van der Waals surface area contributed by atoms with Gasteiger partial charge in [0.2, 0.25) is 5.91 Å². The minimum atomic E-state index is -0.00850. The summed E-state index contributed by atoms with van der Waals surface area (Å²) < 4.78 is 7.59. The molecule has 27 heavy (non-hydrogen) atoms. The van der Waals surface area contributed by atoms with Crippen LogP contribution in [-0.2, 0) is 11.8 Å². The molecule has 0 aliphatic carbocycles. The normalized spacial score (nSPS) is 17.2. The highest BCUT2D eigenvalue weighted by Crippen LogP contribution is 2.19. The maximum atomic E-state index is 12.3. The first-order valence-corrected chi connectivity index (χ1v) is 9.08. The van der Waals surface area contributed by atoms with Crippen molar-refractivity contribution in [1.82, 2.24) is 25.1 Å². The number of carbonyl (C=O) groups excluding carboxylic acids is 1. The molecular formula is C18H25Cl2N5O2. The molecular weight excluding hydrogens is 389 g/mol. The highest BCUT2D eigenvalue weighted by atomic mass is 35.5. The zero-order valence-corrected chi connectivity index (χ0v) is 16.8. The molecule has 1 aliphatic rings. The third kappa shape index (κ3) is 6.10. The number of amides is 1. The number of hydrogen-bond donors (Lipinski definition) is 2. The van der Waals surface area contributed by atoms with Crippen LogP contribution in [0.3, 0.4) is 0 Å². The highest BCUT2D eigenvalue weighted by Gasteiger charge is 2.27. The molecule has 1 unspecified atom stereocenters. The number of rotatable bonds is 7. The Balaban J connectivity index is 0.00000261. The Bertz CT molecular complexity index is 723. The number of nitrogens with zero attached hydrogens (tertiary/aromatic N) is 3. The Morgan fingerprint density at radius 2 is 2.19 bits per heavy atom. The zero-order valence-electron chi connectivity index (χ0n) is 15.2. The number of carbonyl (C=O) groups is 1. The van der Waals surface area contributed by atoms with Crippen LogP contribution in [0.25, 0.3) is 0 Å². The number of halogens is 2. The second-order valence-corrected chi connectivity index (χ2v) is 6.68. The van der Waals surface area contributed by atoms with Crippen LogP contribution >= 0.6 is 24.0 Å². The summed E-state index contributed by atoms with van der Waals surface area (Å²) in [5.74, 6) is 1.70. The van der Waals surface area contributed by atoms with Gasteiger partial charge in [0.25, 0.3) is 0 Å². The van der Waals surface area contributed by atoms with Crippen molar-refractivity contribution in [2.24, 2.45) is 7.05 Å². The van der Waals surface area contributed by atoms with E-state index in [1.807, 2.05) is 29.9 Å². The molecule has 0 saturated carbocycles. The average molecular weight is 414 g/mol. The second-order valence-electron chi connectivity index (χ2n) is 6.24. The van der Waals surface area contributed by atoms with E-state index in [0.717, 1.165) is 31.2 Å². The lowest BCUT2D eigenvalue weighted by Crippen LogP contribution is -2.50. The van der Waals surface area contributed by atoms with Crippen molar-refractivity contribution >= 4 is 29.9 Å². The van der Waals surface area contributed by atoms with Crippen molar-refractivity contribution in [1.29, 1.82) is 0 Å². The fourth-order valence-corrected chi connectivity index (χ4v) is 3.14. The van der Waals surface area contributed by atoms with Crippen LogP contribution in [0.15, 0.2) is 36.7 Å². The van der Waals surface area contributed by atoms with E-state index in [0.29, 0.717) is 24.7 Å². The maximum absolute atomic E-state index is 12.3. The predicted molar refractivity (Wildman–Crippen MR) is 108 cm³/mol. The molecule has 1 aromatic heterocycles. The van der Waals surface area contributed by atoms with Crippen LogP contribution in [0.1, 0.15) is 11.9 Å². The molecule has 0 spiro atoms. The highest BCUT2D eigenvalue weighted by molar-refractivity contribution is 6.30. The lowest BCUT2D eigenvalue weighted by Gasteiger charge is -2.35. The molecule has 1 aliphatic heterocycles. The van der Waals surface area contributed by atoms with Gasteiger partial charge in [-0.15, -0.1) is 12.4 Å². The summed E-state index contributed by atoms with van der Waals surface area (Å²) in [4.78, 5) is 18.9. The van der Waals surface area contributed by atoms with Gasteiger partial charge in [-0.1, -0.05) is 11.6 Å². The minimum absolute atomic E-state index is 0. The molecule has 2 aromatic rings. The SMILES string of the molecule is Cl.Cn1ccnc1C1CNCCN1CC(=O)NCCOc1ccc(Cl)cc1. The van der Waals surface area contributed by atoms with Crippen molar-refractivity contribution in [3.63, 3.8) is 0 Å². The van der Waals surface area contributed by atoms with Crippen molar-refractivity contribution < 1.29 is 9.53 Å². The van der Waals surface area contributed by atoms with E-state index in [-0.39, 0.29) is 24.4 Å². The number of hydrogen-bond acceptors (Lipinski definition) is 5. The summed E-state index contributed by atoms with van der Waals surface area (Å²) in [5.41, 5.74) is 0. The quantitative estimate of drug-likeness (QED) is 0.675. The lowest BCUT2D eigenvalue weighted by atomic mass is 10.1. The molecule has 7 nitrogen and oxygen atoms in total. The summed E-state index contributed by atoms with van der Waals surface area (Å²) in [6.07, 6.45) is 3.71. The van der Waals surface area contributed by atoms with Gasteiger partial charge in [0, 0.05) is 44.1 Å². The van der Waals surface area contributed by atoms with Crippen molar-refractivity contribution in [3.8, 4) is 5.75 Å². The number of aromatic nitrogens is 2. The van der Waals surface area contributed by atoms with Crippen LogP contribution in [0, 0.1) is 0 Å². The van der Waals surface area contributed by atoms with Gasteiger partial charge in [0.05, 0.1) is 19.1 Å². The molecule has 2 heterocycles. The molecule has 2 N–H and O–H groups in total. The van der Waals surface area contributed by atoms with Gasteiger partial charge in [-0.05, 0) is 24.3 Å². The third-order valence-corrected chi connectivity index (χ3v) is 4.62. The van der Waals surface area contributed by atoms with Crippen molar-refractivity contribution in [2.45, 2.75) is 6.04 Å². The molecule has 3 rings (SSSR count). The van der Waals surface area contributed by atoms with Crippen LogP contribution < -0.4 is 15.4 Å². The van der Waals surface area contributed by atoms with Crippen LogP contribution in [0.5, 0.6) is 5.75 Å². The van der Waals surface area contributed by atoms with Gasteiger partial charge in [-0.2, -0.15) is 0 Å². The lowest BCUT2D eigenvalue weighted by molar-refractivity contribution is -0.123. The number of nitrogens with one attached hydrogen (secondary N) is 2. The molecule has 0 bridgehead atoms. The maximum Gasteiger partial charge on any atom is 0.234 e. The van der Waals surface area contributed by atoms with Gasteiger partial charge >= 0.3 is 0 Å². The third-order valence-electron chi connectivity index (χ3n) is 4.36. The predicted octanol–water partition coefficient (Wildman–Crippen LogP) is 1.64. The molecule has 1 atom stereocenters. The fraction of sp³-hybridized carbons (Fsp3) is 0.444. The molecule has 148 valence electrons. The summed E-state index contributed by atoms with van der Waals surface area (Å²) >= 11 is 5.84. The summed E-state index contributed by atoms with van der Waals surface area (Å²) in [7, 11) is 1.98. The Kier molecular flexibility index (Phi) is 8.37. The van der Waals surface area contributed by atoms with E-state index in [1.165, 1.54) is 0 Å². The number of imidazole rings is 1. The van der Waals surface area contributed by atoms with Gasteiger partial charge in [0.1, 0.15) is 18.2 Å². The Morgan fingerprint density at radius 3 is 2.89 bits per heavy atom. The first-order chi connectivity index (χ1) is 12.6. The van der Waals surface area contributed by atoms with Gasteiger partial charge < -0.3 is 19.9 Å². The van der Waals surface area contributed by atoms with E-state index in [1.54, 1.807) is 18.3 Å². The minimum Gasteiger partial charge on any atom is -0.492 e. The Morgan fingerprint density at radius 1 is 1.41 bits per heavy atom. The molecule has 0 radical (unpaired) electrons. The first-order valence-electron chi connectivity index (χ1n) is 8.70. The molecule has 1 fully saturated rings. The fourth-order valence-electron chi connectivity index (χ4n) is 3.02. The number of piperazine rings is 1. The summed E-state index contributed by atoms with van der Waals surface area (Å²) in [5, 5.41) is 6.95. The van der Waals surface area contributed by atoms with Crippen LogP contribution in [-0.4, -0.2) is 59.7 Å². The van der Waals surface area contributed by atoms with E-state index in [2.05, 4.69) is 20.5 Å². The number of ether oxygens (including phenoxy) is 1. The molecule has 1 saturated heterocycles. The molecule has 1 aromatic carbocycles. The average Bonchev–Trinajstić information content (AvgIpc) is 3.06. The summed E-state index contributed by atoms with van der Waals surface area (Å²) in [6.45, 7) is 3.69. The van der Waals surface area contributed by atoms with E-state index in [9.17, 15) is 4.79 Å². The topological polar surface area (TPSA) is 71.4 Å². The zero-order chi connectivity index (χ0) is 18.4. The van der Waals surface area contributed by atoms with Crippen LogP contribution in [0.2, 0.25) is 5.02 Å². The number of benzene rings is 1. The molecule has 9 heteroatoms. The van der Waals surface area contributed by atoms with Crippen LogP contribution in [0.4, 0.5) is 0 Å². The van der Waals surface area contributed by atoms with E-state index < -0.39 is 0 Å². The largest absolute Gasteiger partial charge is 0.492 e. The van der Waals surface area contributed by atoms with E-state index >= 15 is 0 Å². The van der Waals surface area contributed by atoms with Gasteiger partial charge in [0.15, 0.2) is 0 Å². The standard InChI is InChI=1S/C18H24ClN5O2.ClH/c1-23-9-7-22-18(23)16-12-20-6-10-24(16)13-17(25)21-8-11-26-15-4-2-14(19)3-5-15;/h2-5,7,9,16,20H,6,8,10-13H2,1H3,(H,21,25);1H. The van der Waals surface area contributed by atoms with Gasteiger partial charge in [-0.3, -0.25) is 9.69 Å². The van der Waals surface area contributed by atoms with Crippen molar-refractivity contribution in [2.75, 3.05) is 39.3 Å².